The van der Waals surface area contributed by atoms with E-state index in [1.807, 2.05) is 0 Å². The van der Waals surface area contributed by atoms with E-state index < -0.39 is 15.8 Å². The lowest BCUT2D eigenvalue weighted by Crippen LogP contribution is -2.06. The first-order valence-corrected chi connectivity index (χ1v) is 7.97. The fourth-order valence-corrected chi connectivity index (χ4v) is 2.67. The van der Waals surface area contributed by atoms with Gasteiger partial charge in [0.05, 0.1) is 27.5 Å². The molecule has 0 bridgehead atoms. The highest BCUT2D eigenvalue weighted by Gasteiger charge is 2.27. The summed E-state index contributed by atoms with van der Waals surface area (Å²) in [5.41, 5.74) is -0.0707. The van der Waals surface area contributed by atoms with Crippen LogP contribution < -0.4 is 4.74 Å². The molecule has 1 aliphatic heterocycles. The number of hydrogen-bond donors (Lipinski definition) is 0. The molecule has 0 aromatic heterocycles. The van der Waals surface area contributed by atoms with Crippen molar-refractivity contribution >= 4 is 40.9 Å². The van der Waals surface area contributed by atoms with Crippen LogP contribution in [0.5, 0.6) is 5.75 Å². The molecule has 0 radical (unpaired) electrons. The minimum Gasteiger partial charge on any atom is -0.490 e. The van der Waals surface area contributed by atoms with Crippen LogP contribution in [0.25, 0.3) is 6.08 Å². The Morgan fingerprint density at radius 2 is 1.89 bits per heavy atom. The summed E-state index contributed by atoms with van der Waals surface area (Å²) < 4.78 is 9.99. The van der Waals surface area contributed by atoms with Crippen LogP contribution in [0.15, 0.2) is 47.1 Å². The van der Waals surface area contributed by atoms with Crippen molar-refractivity contribution in [3.8, 4) is 5.75 Å². The van der Waals surface area contributed by atoms with Crippen LogP contribution in [0, 0.1) is 20.2 Å². The maximum atomic E-state index is 12.1. The molecule has 2 aromatic carbocycles. The van der Waals surface area contributed by atoms with Gasteiger partial charge in [0, 0.05) is 18.2 Å². The summed E-state index contributed by atoms with van der Waals surface area (Å²) in [5, 5.41) is 21.9. The van der Waals surface area contributed by atoms with E-state index in [1.165, 1.54) is 43.5 Å². The SMILES string of the molecule is COc1ccc(/C=C2\N=C(c3ccc([N+](=O)[O-])cc3Cl)OC2=O)cc1[N+](=O)[O-]. The second-order valence-electron chi connectivity index (χ2n) is 5.45. The monoisotopic (exact) mass is 403 g/mol. The molecule has 0 spiro atoms. The maximum Gasteiger partial charge on any atom is 0.363 e. The molecule has 0 amide bonds. The second kappa shape index (κ2) is 7.45. The molecule has 142 valence electrons. The molecule has 2 aromatic rings. The summed E-state index contributed by atoms with van der Waals surface area (Å²) in [4.78, 5) is 36.8. The lowest BCUT2D eigenvalue weighted by atomic mass is 10.1. The molecular formula is C17H10ClN3O7. The van der Waals surface area contributed by atoms with E-state index in [0.717, 1.165) is 6.07 Å². The van der Waals surface area contributed by atoms with Crippen molar-refractivity contribution in [2.75, 3.05) is 7.11 Å². The zero-order valence-electron chi connectivity index (χ0n) is 14.1. The summed E-state index contributed by atoms with van der Waals surface area (Å²) in [6, 6.07) is 7.76. The number of methoxy groups -OCH3 is 1. The van der Waals surface area contributed by atoms with Crippen molar-refractivity contribution in [1.82, 2.24) is 0 Å². The Bertz CT molecular complexity index is 1080. The molecule has 0 atom stereocenters. The van der Waals surface area contributed by atoms with Gasteiger partial charge in [0.2, 0.25) is 5.90 Å². The van der Waals surface area contributed by atoms with Gasteiger partial charge in [-0.05, 0) is 23.8 Å². The number of nitro benzene ring substituents is 2. The van der Waals surface area contributed by atoms with Crippen LogP contribution in [0.4, 0.5) is 11.4 Å². The van der Waals surface area contributed by atoms with Gasteiger partial charge in [-0.3, -0.25) is 20.2 Å². The first-order valence-electron chi connectivity index (χ1n) is 7.59. The van der Waals surface area contributed by atoms with E-state index in [9.17, 15) is 25.0 Å². The quantitative estimate of drug-likeness (QED) is 0.322. The Labute approximate surface area is 162 Å². The van der Waals surface area contributed by atoms with E-state index in [-0.39, 0.29) is 39.3 Å². The highest BCUT2D eigenvalue weighted by atomic mass is 35.5. The van der Waals surface area contributed by atoms with Gasteiger partial charge < -0.3 is 9.47 Å². The fraction of sp³-hybridized carbons (Fsp3) is 0.0588. The number of carbonyl (C=O) groups is 1. The van der Waals surface area contributed by atoms with Crippen LogP contribution in [0.2, 0.25) is 5.02 Å². The van der Waals surface area contributed by atoms with Crippen LogP contribution >= 0.6 is 11.6 Å². The van der Waals surface area contributed by atoms with Gasteiger partial charge in [-0.15, -0.1) is 0 Å². The fourth-order valence-electron chi connectivity index (χ4n) is 2.41. The van der Waals surface area contributed by atoms with Gasteiger partial charge in [-0.2, -0.15) is 0 Å². The average molecular weight is 404 g/mol. The Morgan fingerprint density at radius 1 is 1.14 bits per heavy atom. The third-order valence-electron chi connectivity index (χ3n) is 3.72. The van der Waals surface area contributed by atoms with Crippen LogP contribution in [-0.2, 0) is 9.53 Å². The lowest BCUT2D eigenvalue weighted by Gasteiger charge is -2.02. The minimum atomic E-state index is -0.789. The van der Waals surface area contributed by atoms with E-state index in [0.29, 0.717) is 5.56 Å². The number of nitro groups is 2. The number of nitrogens with zero attached hydrogens (tertiary/aromatic N) is 3. The third kappa shape index (κ3) is 3.67. The molecule has 1 aliphatic rings. The topological polar surface area (TPSA) is 134 Å². The highest BCUT2D eigenvalue weighted by Crippen LogP contribution is 2.30. The molecule has 0 aliphatic carbocycles. The molecule has 28 heavy (non-hydrogen) atoms. The zero-order valence-corrected chi connectivity index (χ0v) is 14.9. The smallest absolute Gasteiger partial charge is 0.363 e. The molecule has 0 saturated heterocycles. The lowest BCUT2D eigenvalue weighted by molar-refractivity contribution is -0.385. The Balaban J connectivity index is 1.97. The van der Waals surface area contributed by atoms with Gasteiger partial charge in [-0.25, -0.2) is 9.79 Å². The van der Waals surface area contributed by atoms with Gasteiger partial charge in [0.15, 0.2) is 11.4 Å². The number of hydrogen-bond acceptors (Lipinski definition) is 8. The van der Waals surface area contributed by atoms with E-state index in [4.69, 9.17) is 21.1 Å². The molecule has 0 unspecified atom stereocenters. The number of ether oxygens (including phenoxy) is 2. The van der Waals surface area contributed by atoms with E-state index in [2.05, 4.69) is 4.99 Å². The predicted molar refractivity (Wildman–Crippen MR) is 98.4 cm³/mol. The number of esters is 1. The average Bonchev–Trinajstić information content (AvgIpc) is 3.01. The molecule has 0 fully saturated rings. The molecule has 0 N–H and O–H groups in total. The first kappa shape index (κ1) is 19.0. The van der Waals surface area contributed by atoms with Crippen molar-refractivity contribution in [2.24, 2.45) is 4.99 Å². The molecular weight excluding hydrogens is 394 g/mol. The number of benzene rings is 2. The Kier molecular flexibility index (Phi) is 5.05. The molecule has 11 heteroatoms. The van der Waals surface area contributed by atoms with Crippen LogP contribution in [0.3, 0.4) is 0 Å². The molecule has 10 nitrogen and oxygen atoms in total. The summed E-state index contributed by atoms with van der Waals surface area (Å²) in [6.45, 7) is 0. The van der Waals surface area contributed by atoms with Gasteiger partial charge in [0.1, 0.15) is 0 Å². The first-order chi connectivity index (χ1) is 13.3. The number of non-ortho nitro benzene ring substituents is 1. The van der Waals surface area contributed by atoms with Crippen LogP contribution in [0.1, 0.15) is 11.1 Å². The number of cyclic esters (lactones) is 1. The predicted octanol–water partition coefficient (Wildman–Crippen LogP) is 3.51. The molecule has 0 saturated carbocycles. The van der Waals surface area contributed by atoms with Crippen molar-refractivity contribution in [2.45, 2.75) is 0 Å². The third-order valence-corrected chi connectivity index (χ3v) is 4.03. The van der Waals surface area contributed by atoms with E-state index in [1.54, 1.807) is 0 Å². The number of carbonyl (C=O) groups excluding carboxylic acids is 1. The Hall–Kier alpha value is -3.79. The summed E-state index contributed by atoms with van der Waals surface area (Å²) in [7, 11) is 1.30. The van der Waals surface area contributed by atoms with E-state index >= 15 is 0 Å². The van der Waals surface area contributed by atoms with Crippen molar-refractivity contribution in [3.63, 3.8) is 0 Å². The van der Waals surface area contributed by atoms with Crippen LogP contribution in [-0.4, -0.2) is 28.8 Å². The van der Waals surface area contributed by atoms with Gasteiger partial charge in [-0.1, -0.05) is 17.7 Å². The molecule has 3 rings (SSSR count). The largest absolute Gasteiger partial charge is 0.490 e. The normalized spacial score (nSPS) is 14.6. The van der Waals surface area contributed by atoms with Gasteiger partial charge in [0.25, 0.3) is 5.69 Å². The van der Waals surface area contributed by atoms with Gasteiger partial charge >= 0.3 is 11.7 Å². The zero-order chi connectivity index (χ0) is 20.4. The minimum absolute atomic E-state index is 0.0120. The summed E-state index contributed by atoms with van der Waals surface area (Å²) in [6.07, 6.45) is 1.31. The van der Waals surface area contributed by atoms with Crippen molar-refractivity contribution < 1.29 is 24.1 Å². The van der Waals surface area contributed by atoms with Crippen molar-refractivity contribution in [1.29, 1.82) is 0 Å². The maximum absolute atomic E-state index is 12.1. The standard InChI is InChI=1S/C17H10ClN3O7/c1-27-15-5-2-9(7-14(15)21(25)26)6-13-17(22)28-16(19-13)11-4-3-10(20(23)24)8-12(11)18/h2-8H,1H3/b13-6-. The number of halogens is 1. The number of aliphatic imine (C=N–C) groups is 1. The number of rotatable bonds is 5. The summed E-state index contributed by atoms with van der Waals surface area (Å²) in [5.74, 6) is -0.843. The Morgan fingerprint density at radius 3 is 2.50 bits per heavy atom. The highest BCUT2D eigenvalue weighted by molar-refractivity contribution is 6.34. The summed E-state index contributed by atoms with van der Waals surface area (Å²) >= 11 is 6.01. The van der Waals surface area contributed by atoms with Crippen molar-refractivity contribution in [3.05, 3.63) is 78.5 Å². The second-order valence-corrected chi connectivity index (χ2v) is 5.85. The molecule has 1 heterocycles.